The van der Waals surface area contributed by atoms with E-state index in [1.165, 1.54) is 12.1 Å². The molecular weight excluding hydrogens is 347 g/mol. The second-order valence-electron chi connectivity index (χ2n) is 6.58. The first-order chi connectivity index (χ1) is 13.0. The van der Waals surface area contributed by atoms with Crippen molar-refractivity contribution in [3.63, 3.8) is 0 Å². The molecule has 0 N–H and O–H groups in total. The van der Waals surface area contributed by atoms with Crippen molar-refractivity contribution < 1.29 is 18.7 Å². The number of amides is 2. The molecule has 1 saturated heterocycles. The molecule has 2 amide bonds. The van der Waals surface area contributed by atoms with Crippen LogP contribution in [0.4, 0.5) is 10.1 Å². The van der Waals surface area contributed by atoms with Crippen LogP contribution in [-0.2, 0) is 4.79 Å². The molecule has 0 radical (unpaired) electrons. The molecule has 0 unspecified atom stereocenters. The summed E-state index contributed by atoms with van der Waals surface area (Å²) in [5.41, 5.74) is 1.39. The molecule has 142 valence electrons. The van der Waals surface area contributed by atoms with Gasteiger partial charge in [-0.2, -0.15) is 0 Å². The number of nitrogens with zero attached hydrogens (tertiary/aromatic N) is 2. The molecule has 0 bridgehead atoms. The van der Waals surface area contributed by atoms with E-state index in [-0.39, 0.29) is 17.6 Å². The number of rotatable bonds is 6. The van der Waals surface area contributed by atoms with Crippen molar-refractivity contribution in [2.24, 2.45) is 0 Å². The van der Waals surface area contributed by atoms with Gasteiger partial charge >= 0.3 is 0 Å². The number of likely N-dealkylation sites (N-methyl/N-ethyl adjacent to an activating group) is 1. The minimum atomic E-state index is -0.315. The Morgan fingerprint density at radius 3 is 2.48 bits per heavy atom. The van der Waals surface area contributed by atoms with Crippen LogP contribution in [0.1, 0.15) is 29.6 Å². The zero-order valence-electron chi connectivity index (χ0n) is 15.4. The highest BCUT2D eigenvalue weighted by Gasteiger charge is 2.20. The van der Waals surface area contributed by atoms with Crippen molar-refractivity contribution in [2.75, 3.05) is 31.6 Å². The maximum absolute atomic E-state index is 12.9. The molecule has 2 aromatic carbocycles. The molecule has 27 heavy (non-hydrogen) atoms. The number of hydrogen-bond acceptors (Lipinski definition) is 3. The first-order valence-corrected chi connectivity index (χ1v) is 9.09. The number of carbonyl (C=O) groups is 2. The van der Waals surface area contributed by atoms with Crippen LogP contribution in [0, 0.1) is 5.82 Å². The molecular formula is C21H23FN2O3. The monoisotopic (exact) mass is 370 g/mol. The van der Waals surface area contributed by atoms with E-state index in [0.29, 0.717) is 30.9 Å². The van der Waals surface area contributed by atoms with Crippen molar-refractivity contribution in [3.05, 3.63) is 59.9 Å². The van der Waals surface area contributed by atoms with Crippen molar-refractivity contribution in [2.45, 2.75) is 19.3 Å². The third kappa shape index (κ3) is 4.84. The third-order valence-electron chi connectivity index (χ3n) is 4.61. The first kappa shape index (κ1) is 18.9. The average molecular weight is 370 g/mol. The molecule has 1 fully saturated rings. The Kier molecular flexibility index (Phi) is 6.06. The Morgan fingerprint density at radius 2 is 1.81 bits per heavy atom. The average Bonchev–Trinajstić information content (AvgIpc) is 2.69. The number of piperidine rings is 1. The third-order valence-corrected chi connectivity index (χ3v) is 4.61. The Hall–Kier alpha value is -2.89. The zero-order valence-corrected chi connectivity index (χ0v) is 15.4. The molecule has 0 spiro atoms. The van der Waals surface area contributed by atoms with Crippen LogP contribution < -0.4 is 9.64 Å². The molecule has 0 saturated carbocycles. The fraction of sp³-hybridized carbons (Fsp3) is 0.333. The van der Waals surface area contributed by atoms with E-state index in [1.54, 1.807) is 41.1 Å². The smallest absolute Gasteiger partial charge is 0.253 e. The Labute approximate surface area is 158 Å². The number of benzene rings is 2. The summed E-state index contributed by atoms with van der Waals surface area (Å²) in [5.74, 6) is 0.266. The number of hydrogen-bond donors (Lipinski definition) is 0. The van der Waals surface area contributed by atoms with E-state index in [9.17, 15) is 14.0 Å². The second kappa shape index (κ2) is 8.66. The highest BCUT2D eigenvalue weighted by molar-refractivity contribution is 5.96. The standard InChI is InChI=1S/C21H23FN2O3/c1-23(14-15-27-19-11-7-17(22)8-12-19)21(26)16-5-9-18(10-6-16)24-13-3-2-4-20(24)25/h5-12H,2-4,13-15H2,1H3. The van der Waals surface area contributed by atoms with E-state index in [1.807, 2.05) is 12.1 Å². The minimum absolute atomic E-state index is 0.116. The summed E-state index contributed by atoms with van der Waals surface area (Å²) in [4.78, 5) is 27.9. The van der Waals surface area contributed by atoms with Crippen LogP contribution in [0.2, 0.25) is 0 Å². The quantitative estimate of drug-likeness (QED) is 0.782. The number of carbonyl (C=O) groups excluding carboxylic acids is 2. The number of ether oxygens (including phenoxy) is 1. The van der Waals surface area contributed by atoms with Gasteiger partial charge in [-0.1, -0.05) is 0 Å². The van der Waals surface area contributed by atoms with Crippen LogP contribution in [-0.4, -0.2) is 43.5 Å². The van der Waals surface area contributed by atoms with Crippen LogP contribution in [0.5, 0.6) is 5.75 Å². The Balaban J connectivity index is 1.53. The van der Waals surface area contributed by atoms with Crippen molar-refractivity contribution in [1.82, 2.24) is 4.90 Å². The fourth-order valence-electron chi connectivity index (χ4n) is 3.02. The summed E-state index contributed by atoms with van der Waals surface area (Å²) in [5, 5.41) is 0. The normalized spacial score (nSPS) is 14.1. The van der Waals surface area contributed by atoms with Gasteiger partial charge in [-0.25, -0.2) is 4.39 Å². The lowest BCUT2D eigenvalue weighted by atomic mass is 10.1. The highest BCUT2D eigenvalue weighted by atomic mass is 19.1. The lowest BCUT2D eigenvalue weighted by molar-refractivity contribution is -0.119. The van der Waals surface area contributed by atoms with Crippen molar-refractivity contribution in [3.8, 4) is 5.75 Å². The van der Waals surface area contributed by atoms with E-state index in [0.717, 1.165) is 25.1 Å². The van der Waals surface area contributed by atoms with E-state index < -0.39 is 0 Å². The van der Waals surface area contributed by atoms with Gasteiger partial charge in [0.2, 0.25) is 5.91 Å². The van der Waals surface area contributed by atoms with E-state index in [4.69, 9.17) is 4.74 Å². The summed E-state index contributed by atoms with van der Waals surface area (Å²) in [6, 6.07) is 12.9. The summed E-state index contributed by atoms with van der Waals surface area (Å²) < 4.78 is 18.4. The molecule has 0 aromatic heterocycles. The van der Waals surface area contributed by atoms with Gasteiger partial charge in [0.15, 0.2) is 0 Å². The van der Waals surface area contributed by atoms with Crippen molar-refractivity contribution >= 4 is 17.5 Å². The summed E-state index contributed by atoms with van der Waals surface area (Å²) in [6.45, 7) is 1.45. The molecule has 1 heterocycles. The largest absolute Gasteiger partial charge is 0.492 e. The summed E-state index contributed by atoms with van der Waals surface area (Å²) in [6.07, 6.45) is 2.53. The molecule has 1 aliphatic heterocycles. The van der Waals surface area contributed by atoms with Crippen LogP contribution in [0.3, 0.4) is 0 Å². The predicted molar refractivity (Wildman–Crippen MR) is 102 cm³/mol. The van der Waals surface area contributed by atoms with Gasteiger partial charge in [0.1, 0.15) is 18.2 Å². The molecule has 1 aliphatic rings. The Morgan fingerprint density at radius 1 is 1.11 bits per heavy atom. The van der Waals surface area contributed by atoms with Crippen LogP contribution in [0.25, 0.3) is 0 Å². The fourth-order valence-corrected chi connectivity index (χ4v) is 3.02. The molecule has 2 aromatic rings. The number of anilines is 1. The van der Waals surface area contributed by atoms with E-state index >= 15 is 0 Å². The van der Waals surface area contributed by atoms with Gasteiger partial charge in [0.05, 0.1) is 6.54 Å². The SMILES string of the molecule is CN(CCOc1ccc(F)cc1)C(=O)c1ccc(N2CCCCC2=O)cc1. The van der Waals surface area contributed by atoms with Gasteiger partial charge < -0.3 is 14.5 Å². The van der Waals surface area contributed by atoms with Crippen molar-refractivity contribution in [1.29, 1.82) is 0 Å². The van der Waals surface area contributed by atoms with Gasteiger partial charge in [-0.15, -0.1) is 0 Å². The second-order valence-corrected chi connectivity index (χ2v) is 6.58. The highest BCUT2D eigenvalue weighted by Crippen LogP contribution is 2.21. The van der Waals surface area contributed by atoms with Crippen LogP contribution in [0.15, 0.2) is 48.5 Å². The van der Waals surface area contributed by atoms with Gasteiger partial charge in [0, 0.05) is 31.3 Å². The number of halogens is 1. The van der Waals surface area contributed by atoms with Gasteiger partial charge in [0.25, 0.3) is 5.91 Å². The van der Waals surface area contributed by atoms with Gasteiger partial charge in [-0.3, -0.25) is 9.59 Å². The van der Waals surface area contributed by atoms with E-state index in [2.05, 4.69) is 0 Å². The van der Waals surface area contributed by atoms with Crippen LogP contribution >= 0.6 is 0 Å². The molecule has 3 rings (SSSR count). The topological polar surface area (TPSA) is 49.9 Å². The zero-order chi connectivity index (χ0) is 19.2. The van der Waals surface area contributed by atoms with Gasteiger partial charge in [-0.05, 0) is 61.4 Å². The molecule has 5 nitrogen and oxygen atoms in total. The predicted octanol–water partition coefficient (Wildman–Crippen LogP) is 3.49. The Bertz CT molecular complexity index is 790. The lowest BCUT2D eigenvalue weighted by Gasteiger charge is -2.27. The summed E-state index contributed by atoms with van der Waals surface area (Å²) >= 11 is 0. The maximum Gasteiger partial charge on any atom is 0.253 e. The summed E-state index contributed by atoms with van der Waals surface area (Å²) in [7, 11) is 1.71. The first-order valence-electron chi connectivity index (χ1n) is 9.09. The maximum atomic E-state index is 12.9. The molecule has 6 heteroatoms. The lowest BCUT2D eigenvalue weighted by Crippen LogP contribution is -2.35. The minimum Gasteiger partial charge on any atom is -0.492 e. The molecule has 0 aliphatic carbocycles. The molecule has 0 atom stereocenters.